The molecular weight excluding hydrogens is 254 g/mol. The van der Waals surface area contributed by atoms with E-state index >= 15 is 0 Å². The van der Waals surface area contributed by atoms with Gasteiger partial charge in [0.05, 0.1) is 24.7 Å². The van der Waals surface area contributed by atoms with Crippen LogP contribution in [0.25, 0.3) is 0 Å². The minimum absolute atomic E-state index is 0.0589. The fourth-order valence-corrected chi connectivity index (χ4v) is 1.43. The Labute approximate surface area is 110 Å². The van der Waals surface area contributed by atoms with Gasteiger partial charge >= 0.3 is 5.69 Å². The second-order valence-corrected chi connectivity index (χ2v) is 3.60. The molecule has 0 aliphatic rings. The van der Waals surface area contributed by atoms with Crippen LogP contribution in [-0.2, 0) is 4.74 Å². The highest BCUT2D eigenvalue weighted by Crippen LogP contribution is 2.26. The molecule has 19 heavy (non-hydrogen) atoms. The quantitative estimate of drug-likeness (QED) is 0.347. The summed E-state index contributed by atoms with van der Waals surface area (Å²) in [7, 11) is 1.63. The first-order chi connectivity index (χ1) is 9.10. The van der Waals surface area contributed by atoms with Crippen molar-refractivity contribution in [1.29, 1.82) is 0 Å². The Morgan fingerprint density at radius 3 is 2.74 bits per heavy atom. The van der Waals surface area contributed by atoms with Crippen molar-refractivity contribution < 1.29 is 14.8 Å². The zero-order chi connectivity index (χ0) is 14.3. The van der Waals surface area contributed by atoms with Crippen molar-refractivity contribution in [3.8, 4) is 0 Å². The number of hydrogen-bond donors (Lipinski definition) is 3. The molecule has 0 aliphatic carbocycles. The Morgan fingerprint density at radius 1 is 1.42 bits per heavy atom. The Hall–Kier alpha value is -2.00. The van der Waals surface area contributed by atoms with Gasteiger partial charge in [-0.05, 0) is 6.92 Å². The summed E-state index contributed by atoms with van der Waals surface area (Å²) in [6.07, 6.45) is 0. The molecule has 0 bridgehead atoms. The van der Waals surface area contributed by atoms with Crippen LogP contribution in [0.15, 0.2) is 0 Å². The van der Waals surface area contributed by atoms with E-state index < -0.39 is 4.92 Å². The number of aryl methyl sites for hydroxylation is 1. The van der Waals surface area contributed by atoms with Crippen molar-refractivity contribution in [2.45, 2.75) is 6.92 Å². The van der Waals surface area contributed by atoms with E-state index in [1.165, 1.54) is 0 Å². The summed E-state index contributed by atoms with van der Waals surface area (Å²) in [6.45, 7) is 2.38. The lowest BCUT2D eigenvalue weighted by Crippen LogP contribution is -2.15. The summed E-state index contributed by atoms with van der Waals surface area (Å²) < 4.78 is 5.05. The third-order valence-corrected chi connectivity index (χ3v) is 2.24. The van der Waals surface area contributed by atoms with Gasteiger partial charge in [-0.3, -0.25) is 10.1 Å². The van der Waals surface area contributed by atoms with Gasteiger partial charge < -0.3 is 20.5 Å². The van der Waals surface area contributed by atoms with Gasteiger partial charge in [-0.2, -0.15) is 4.98 Å². The lowest BCUT2D eigenvalue weighted by Gasteiger charge is -2.09. The minimum atomic E-state index is -0.522. The topological polar surface area (TPSA) is 122 Å². The maximum absolute atomic E-state index is 11.0. The monoisotopic (exact) mass is 271 g/mol. The van der Waals surface area contributed by atoms with Crippen LogP contribution < -0.4 is 10.6 Å². The molecule has 0 unspecified atom stereocenters. The molecule has 106 valence electrons. The van der Waals surface area contributed by atoms with Crippen LogP contribution in [0.1, 0.15) is 5.69 Å². The fraction of sp³-hybridized carbons (Fsp3) is 0.600. The molecule has 0 saturated heterocycles. The molecule has 3 N–H and O–H groups in total. The molecule has 1 aromatic heterocycles. The number of nitrogens with one attached hydrogen (secondary N) is 2. The van der Waals surface area contributed by atoms with Gasteiger partial charge in [0.2, 0.25) is 11.8 Å². The van der Waals surface area contributed by atoms with Crippen molar-refractivity contribution in [1.82, 2.24) is 9.97 Å². The maximum Gasteiger partial charge on any atom is 0.332 e. The van der Waals surface area contributed by atoms with Gasteiger partial charge in [0.25, 0.3) is 0 Å². The largest absolute Gasteiger partial charge is 0.394 e. The number of nitrogens with zero attached hydrogens (tertiary/aromatic N) is 3. The number of aromatic nitrogens is 2. The Kier molecular flexibility index (Phi) is 5.90. The summed E-state index contributed by atoms with van der Waals surface area (Å²) in [5.74, 6) is 0.455. The SMILES string of the molecule is CNc1nc(C)c([N+](=O)[O-])c(NCCOCCO)n1. The predicted octanol–water partition coefficient (Wildman–Crippen LogP) is 0.156. The number of rotatable bonds is 8. The first kappa shape index (κ1) is 15.1. The van der Waals surface area contributed by atoms with Crippen LogP contribution in [0.3, 0.4) is 0 Å². The summed E-state index contributed by atoms with van der Waals surface area (Å²) in [5, 5.41) is 25.1. The summed E-state index contributed by atoms with van der Waals surface area (Å²) >= 11 is 0. The zero-order valence-electron chi connectivity index (χ0n) is 10.8. The molecule has 1 heterocycles. The lowest BCUT2D eigenvalue weighted by molar-refractivity contribution is -0.385. The lowest BCUT2D eigenvalue weighted by atomic mass is 10.3. The first-order valence-electron chi connectivity index (χ1n) is 5.73. The van der Waals surface area contributed by atoms with E-state index in [0.29, 0.717) is 19.1 Å². The zero-order valence-corrected chi connectivity index (χ0v) is 10.8. The molecule has 1 aromatic rings. The molecule has 9 nitrogen and oxygen atoms in total. The number of anilines is 2. The van der Waals surface area contributed by atoms with Crippen LogP contribution >= 0.6 is 0 Å². The van der Waals surface area contributed by atoms with E-state index in [1.54, 1.807) is 14.0 Å². The van der Waals surface area contributed by atoms with E-state index in [2.05, 4.69) is 20.6 Å². The highest BCUT2D eigenvalue weighted by molar-refractivity contribution is 5.60. The maximum atomic E-state index is 11.0. The van der Waals surface area contributed by atoms with Crippen LogP contribution in [0.4, 0.5) is 17.5 Å². The number of aliphatic hydroxyl groups excluding tert-OH is 1. The molecular formula is C10H17N5O4. The van der Waals surface area contributed by atoms with Crippen molar-refractivity contribution in [2.75, 3.05) is 44.0 Å². The predicted molar refractivity (Wildman–Crippen MR) is 69.4 cm³/mol. The Balaban J connectivity index is 2.78. The average Bonchev–Trinajstić information content (AvgIpc) is 2.37. The van der Waals surface area contributed by atoms with Crippen molar-refractivity contribution in [3.63, 3.8) is 0 Å². The normalized spacial score (nSPS) is 10.3. The van der Waals surface area contributed by atoms with Crippen molar-refractivity contribution in [2.24, 2.45) is 0 Å². The van der Waals surface area contributed by atoms with E-state index in [9.17, 15) is 10.1 Å². The van der Waals surface area contributed by atoms with E-state index in [0.717, 1.165) is 0 Å². The van der Waals surface area contributed by atoms with Gasteiger partial charge in [-0.25, -0.2) is 4.98 Å². The van der Waals surface area contributed by atoms with Crippen LogP contribution in [0.2, 0.25) is 0 Å². The summed E-state index contributed by atoms with van der Waals surface area (Å²) in [6, 6.07) is 0. The molecule has 1 rings (SSSR count). The smallest absolute Gasteiger partial charge is 0.332 e. The highest BCUT2D eigenvalue weighted by Gasteiger charge is 2.21. The molecule has 0 fully saturated rings. The molecule has 9 heteroatoms. The van der Waals surface area contributed by atoms with Crippen molar-refractivity contribution in [3.05, 3.63) is 15.8 Å². The summed E-state index contributed by atoms with van der Waals surface area (Å²) in [5.41, 5.74) is 0.129. The van der Waals surface area contributed by atoms with E-state index in [-0.39, 0.29) is 30.4 Å². The second-order valence-electron chi connectivity index (χ2n) is 3.60. The molecule has 0 radical (unpaired) electrons. The van der Waals surface area contributed by atoms with Gasteiger partial charge in [-0.1, -0.05) is 0 Å². The first-order valence-corrected chi connectivity index (χ1v) is 5.73. The standard InChI is InChI=1S/C10H17N5O4/c1-7-8(15(17)18)9(14-10(11-2)13-7)12-3-5-19-6-4-16/h16H,3-6H2,1-2H3,(H2,11,12,13,14). The van der Waals surface area contributed by atoms with Gasteiger partial charge in [0.15, 0.2) is 0 Å². The van der Waals surface area contributed by atoms with Gasteiger partial charge in [-0.15, -0.1) is 0 Å². The van der Waals surface area contributed by atoms with Crippen molar-refractivity contribution >= 4 is 17.5 Å². The molecule has 0 amide bonds. The Bertz CT molecular complexity index is 440. The molecule has 0 spiro atoms. The summed E-state index contributed by atoms with van der Waals surface area (Å²) in [4.78, 5) is 18.4. The number of ether oxygens (including phenoxy) is 1. The van der Waals surface area contributed by atoms with E-state index in [4.69, 9.17) is 9.84 Å². The number of nitro groups is 1. The Morgan fingerprint density at radius 2 is 2.16 bits per heavy atom. The third kappa shape index (κ3) is 4.30. The van der Waals surface area contributed by atoms with Crippen LogP contribution in [-0.4, -0.2) is 53.4 Å². The molecule has 0 atom stereocenters. The van der Waals surface area contributed by atoms with Gasteiger partial charge in [0, 0.05) is 13.6 Å². The van der Waals surface area contributed by atoms with Crippen LogP contribution in [0, 0.1) is 17.0 Å². The third-order valence-electron chi connectivity index (χ3n) is 2.24. The van der Waals surface area contributed by atoms with Crippen LogP contribution in [0.5, 0.6) is 0 Å². The molecule has 0 aliphatic heterocycles. The number of hydrogen-bond acceptors (Lipinski definition) is 8. The average molecular weight is 271 g/mol. The molecule has 0 saturated carbocycles. The minimum Gasteiger partial charge on any atom is -0.394 e. The van der Waals surface area contributed by atoms with Gasteiger partial charge in [0.1, 0.15) is 5.69 Å². The fourth-order valence-electron chi connectivity index (χ4n) is 1.43. The number of aliphatic hydroxyl groups is 1. The second kappa shape index (κ2) is 7.44. The molecule has 0 aromatic carbocycles. The highest BCUT2D eigenvalue weighted by atomic mass is 16.6. The van der Waals surface area contributed by atoms with E-state index in [1.807, 2.05) is 0 Å².